The first-order valence-electron chi connectivity index (χ1n) is 5.68. The van der Waals surface area contributed by atoms with Crippen molar-refractivity contribution >= 4 is 5.78 Å². The van der Waals surface area contributed by atoms with Gasteiger partial charge in [-0.15, -0.1) is 0 Å². The number of rotatable bonds is 4. The van der Waals surface area contributed by atoms with E-state index >= 15 is 0 Å². The van der Waals surface area contributed by atoms with Crippen LogP contribution in [0.15, 0.2) is 48.5 Å². The summed E-state index contributed by atoms with van der Waals surface area (Å²) in [5.41, 5.74) is 1.26. The van der Waals surface area contributed by atoms with Crippen LogP contribution < -0.4 is 0 Å². The number of halogens is 2. The first-order valence-corrected chi connectivity index (χ1v) is 5.68. The molecule has 0 saturated carbocycles. The summed E-state index contributed by atoms with van der Waals surface area (Å²) < 4.78 is 25.6. The molecule has 0 aliphatic rings. The van der Waals surface area contributed by atoms with E-state index in [2.05, 4.69) is 0 Å². The van der Waals surface area contributed by atoms with Crippen LogP contribution in [-0.4, -0.2) is 5.78 Å². The standard InChI is InChI=1S/C15H12F2O/c16-13-7-5-12(6-8-13)15(18)9-4-11-2-1-3-14(17)10-11/h1-3,5-8,10H,4,9H2. The second kappa shape index (κ2) is 5.54. The van der Waals surface area contributed by atoms with Crippen molar-refractivity contribution in [2.45, 2.75) is 12.8 Å². The third kappa shape index (κ3) is 3.23. The summed E-state index contributed by atoms with van der Waals surface area (Å²) in [5.74, 6) is -0.738. The zero-order chi connectivity index (χ0) is 13.0. The third-order valence-electron chi connectivity index (χ3n) is 2.70. The Kier molecular flexibility index (Phi) is 3.82. The van der Waals surface area contributed by atoms with E-state index in [-0.39, 0.29) is 23.8 Å². The van der Waals surface area contributed by atoms with Crippen molar-refractivity contribution in [2.75, 3.05) is 0 Å². The van der Waals surface area contributed by atoms with Crippen molar-refractivity contribution in [3.63, 3.8) is 0 Å². The molecule has 0 N–H and O–H groups in total. The number of carbonyl (C=O) groups excluding carboxylic acids is 1. The number of hydrogen-bond acceptors (Lipinski definition) is 1. The Morgan fingerprint density at radius 2 is 1.67 bits per heavy atom. The van der Waals surface area contributed by atoms with Crippen LogP contribution in [0.25, 0.3) is 0 Å². The van der Waals surface area contributed by atoms with Gasteiger partial charge in [-0.1, -0.05) is 12.1 Å². The van der Waals surface area contributed by atoms with Crippen molar-refractivity contribution in [3.8, 4) is 0 Å². The van der Waals surface area contributed by atoms with Gasteiger partial charge in [0.1, 0.15) is 11.6 Å². The average Bonchev–Trinajstić information content (AvgIpc) is 2.37. The molecule has 0 aliphatic carbocycles. The lowest BCUT2D eigenvalue weighted by Gasteiger charge is -2.02. The number of carbonyl (C=O) groups is 1. The highest BCUT2D eigenvalue weighted by atomic mass is 19.1. The van der Waals surface area contributed by atoms with Gasteiger partial charge >= 0.3 is 0 Å². The molecule has 0 fully saturated rings. The fourth-order valence-corrected chi connectivity index (χ4v) is 1.73. The predicted molar refractivity (Wildman–Crippen MR) is 65.5 cm³/mol. The van der Waals surface area contributed by atoms with Gasteiger partial charge in [0, 0.05) is 12.0 Å². The first-order chi connectivity index (χ1) is 8.65. The summed E-state index contributed by atoms with van der Waals surface area (Å²) in [7, 11) is 0. The molecule has 3 heteroatoms. The van der Waals surface area contributed by atoms with Gasteiger partial charge in [-0.3, -0.25) is 4.79 Å². The Bertz CT molecular complexity index is 547. The van der Waals surface area contributed by atoms with Crippen LogP contribution in [0.3, 0.4) is 0 Å². The lowest BCUT2D eigenvalue weighted by Crippen LogP contribution is -2.01. The minimum absolute atomic E-state index is 0.0701. The molecule has 2 rings (SSSR count). The maximum atomic E-state index is 12.9. The van der Waals surface area contributed by atoms with Crippen LogP contribution in [-0.2, 0) is 6.42 Å². The highest BCUT2D eigenvalue weighted by molar-refractivity contribution is 5.96. The maximum Gasteiger partial charge on any atom is 0.163 e. The molecule has 0 spiro atoms. The molecule has 0 bridgehead atoms. The van der Waals surface area contributed by atoms with Gasteiger partial charge in [0.05, 0.1) is 0 Å². The van der Waals surface area contributed by atoms with Crippen LogP contribution in [0.4, 0.5) is 8.78 Å². The molecule has 1 nitrogen and oxygen atoms in total. The molecule has 2 aromatic carbocycles. The van der Waals surface area contributed by atoms with E-state index in [1.165, 1.54) is 36.4 Å². The number of hydrogen-bond donors (Lipinski definition) is 0. The minimum Gasteiger partial charge on any atom is -0.294 e. The van der Waals surface area contributed by atoms with Gasteiger partial charge in [0.15, 0.2) is 5.78 Å². The average molecular weight is 246 g/mol. The van der Waals surface area contributed by atoms with Gasteiger partial charge in [-0.25, -0.2) is 8.78 Å². The largest absolute Gasteiger partial charge is 0.294 e. The van der Waals surface area contributed by atoms with Gasteiger partial charge in [0.2, 0.25) is 0 Å². The molecule has 0 unspecified atom stereocenters. The fraction of sp³-hybridized carbons (Fsp3) is 0.133. The molecule has 18 heavy (non-hydrogen) atoms. The van der Waals surface area contributed by atoms with Crippen molar-refractivity contribution in [1.29, 1.82) is 0 Å². The number of benzene rings is 2. The SMILES string of the molecule is O=C(CCc1cccc(F)c1)c1ccc(F)cc1. The Balaban J connectivity index is 1.98. The molecular formula is C15H12F2O. The van der Waals surface area contributed by atoms with Crippen molar-refractivity contribution in [3.05, 3.63) is 71.3 Å². The van der Waals surface area contributed by atoms with Crippen LogP contribution in [0, 0.1) is 11.6 Å². The van der Waals surface area contributed by atoms with E-state index < -0.39 is 0 Å². The van der Waals surface area contributed by atoms with Crippen LogP contribution in [0.5, 0.6) is 0 Å². The summed E-state index contributed by atoms with van der Waals surface area (Å²) >= 11 is 0. The Morgan fingerprint density at radius 3 is 2.33 bits per heavy atom. The second-order valence-electron chi connectivity index (χ2n) is 4.06. The zero-order valence-electron chi connectivity index (χ0n) is 9.70. The van der Waals surface area contributed by atoms with Crippen molar-refractivity contribution in [1.82, 2.24) is 0 Å². The number of aryl methyl sites for hydroxylation is 1. The summed E-state index contributed by atoms with van der Waals surface area (Å²) in [6.45, 7) is 0. The topological polar surface area (TPSA) is 17.1 Å². The summed E-state index contributed by atoms with van der Waals surface area (Å²) in [6, 6.07) is 11.6. The maximum absolute atomic E-state index is 12.9. The highest BCUT2D eigenvalue weighted by Crippen LogP contribution is 2.10. The Hall–Kier alpha value is -2.03. The number of Topliss-reactive ketones (excluding diaryl/α,β-unsaturated/α-hetero) is 1. The van der Waals surface area contributed by atoms with Gasteiger partial charge in [-0.2, -0.15) is 0 Å². The van der Waals surface area contributed by atoms with E-state index in [0.29, 0.717) is 12.0 Å². The van der Waals surface area contributed by atoms with E-state index in [1.54, 1.807) is 12.1 Å². The van der Waals surface area contributed by atoms with Crippen LogP contribution in [0.1, 0.15) is 22.3 Å². The molecule has 0 radical (unpaired) electrons. The van der Waals surface area contributed by atoms with E-state index in [1.807, 2.05) is 0 Å². The molecule has 92 valence electrons. The molecule has 0 aromatic heterocycles. The predicted octanol–water partition coefficient (Wildman–Crippen LogP) is 3.78. The van der Waals surface area contributed by atoms with Gasteiger partial charge in [-0.05, 0) is 48.4 Å². The highest BCUT2D eigenvalue weighted by Gasteiger charge is 2.06. The van der Waals surface area contributed by atoms with Crippen molar-refractivity contribution in [2.24, 2.45) is 0 Å². The van der Waals surface area contributed by atoms with E-state index in [4.69, 9.17) is 0 Å². The normalized spacial score (nSPS) is 10.3. The monoisotopic (exact) mass is 246 g/mol. The lowest BCUT2D eigenvalue weighted by atomic mass is 10.0. The second-order valence-corrected chi connectivity index (χ2v) is 4.06. The minimum atomic E-state index is -0.364. The van der Waals surface area contributed by atoms with Crippen molar-refractivity contribution < 1.29 is 13.6 Å². The molecule has 0 amide bonds. The Labute approximate surface area is 104 Å². The van der Waals surface area contributed by atoms with Crippen LogP contribution >= 0.6 is 0 Å². The molecule has 0 saturated heterocycles. The van der Waals surface area contributed by atoms with Gasteiger partial charge < -0.3 is 0 Å². The smallest absolute Gasteiger partial charge is 0.163 e. The molecule has 0 heterocycles. The molecule has 0 atom stereocenters. The first kappa shape index (κ1) is 12.4. The van der Waals surface area contributed by atoms with E-state index in [9.17, 15) is 13.6 Å². The molecule has 0 aliphatic heterocycles. The third-order valence-corrected chi connectivity index (χ3v) is 2.70. The quantitative estimate of drug-likeness (QED) is 0.750. The summed E-state index contributed by atoms with van der Waals surface area (Å²) in [4.78, 5) is 11.8. The Morgan fingerprint density at radius 1 is 0.944 bits per heavy atom. The number of ketones is 1. The fourth-order valence-electron chi connectivity index (χ4n) is 1.73. The summed E-state index contributed by atoms with van der Waals surface area (Å²) in [5, 5.41) is 0. The molecule has 2 aromatic rings. The summed E-state index contributed by atoms with van der Waals surface area (Å²) in [6.07, 6.45) is 0.767. The van der Waals surface area contributed by atoms with Crippen LogP contribution in [0.2, 0.25) is 0 Å². The zero-order valence-corrected chi connectivity index (χ0v) is 9.70. The van der Waals surface area contributed by atoms with E-state index in [0.717, 1.165) is 5.56 Å². The molecular weight excluding hydrogens is 234 g/mol. The van der Waals surface area contributed by atoms with Gasteiger partial charge in [0.25, 0.3) is 0 Å². The lowest BCUT2D eigenvalue weighted by molar-refractivity contribution is 0.0982.